The fraction of sp³-hybridized carbons (Fsp3) is 0.524. The van der Waals surface area contributed by atoms with Crippen molar-refractivity contribution in [2.75, 3.05) is 42.6 Å². The second-order valence-corrected chi connectivity index (χ2v) is 14.7. The average Bonchev–Trinajstić information content (AvgIpc) is 3.81. The maximum atomic E-state index is 15.1. The van der Waals surface area contributed by atoms with Crippen LogP contribution in [-0.4, -0.2) is 90.3 Å². The molecule has 2 aromatic rings. The molecule has 0 aliphatic carbocycles. The van der Waals surface area contributed by atoms with E-state index < -0.39 is 53.6 Å². The number of allylic oxidation sites excluding steroid dienone is 1. The Morgan fingerprint density at radius 1 is 1.06 bits per heavy atom. The Labute approximate surface area is 314 Å². The SMILES string of the molecule is C=CCCC(=O)NC[C@@H](OC(=O)[C@@H]1[C@H]2C(=O)N([C@@H](CO)CC(C)C)[C@H](C(=O)N(CC=C)c3ccc(N(CC)CC)cc3)[C@]23CC[C@H]1O3)c1ccccc1. The summed E-state index contributed by atoms with van der Waals surface area (Å²) in [4.78, 5) is 62.1. The number of aliphatic hydroxyl groups is 1. The Bertz CT molecular complexity index is 1610. The lowest BCUT2D eigenvalue weighted by Gasteiger charge is -2.39. The molecule has 3 fully saturated rings. The topological polar surface area (TPSA) is 129 Å². The van der Waals surface area contributed by atoms with Crippen molar-refractivity contribution in [2.24, 2.45) is 17.8 Å². The number of carbonyl (C=O) groups is 4. The van der Waals surface area contributed by atoms with Gasteiger partial charge in [-0.25, -0.2) is 0 Å². The van der Waals surface area contributed by atoms with Crippen molar-refractivity contribution in [2.45, 2.75) is 89.7 Å². The third kappa shape index (κ3) is 8.06. The van der Waals surface area contributed by atoms with Gasteiger partial charge < -0.3 is 34.6 Å². The first-order valence-corrected chi connectivity index (χ1v) is 19.1. The van der Waals surface area contributed by atoms with Gasteiger partial charge in [-0.05, 0) is 75.3 Å². The van der Waals surface area contributed by atoms with Crippen LogP contribution in [0.25, 0.3) is 0 Å². The Kier molecular flexibility index (Phi) is 13.2. The fourth-order valence-electron chi connectivity index (χ4n) is 8.53. The molecule has 0 saturated carbocycles. The highest BCUT2D eigenvalue weighted by Gasteiger charge is 2.75. The monoisotopic (exact) mass is 728 g/mol. The first-order chi connectivity index (χ1) is 25.5. The summed E-state index contributed by atoms with van der Waals surface area (Å²) in [7, 11) is 0. The zero-order valence-electron chi connectivity index (χ0n) is 31.6. The van der Waals surface area contributed by atoms with E-state index in [0.717, 1.165) is 18.8 Å². The Hall–Kier alpha value is -4.48. The van der Waals surface area contributed by atoms with Gasteiger partial charge in [0.15, 0.2) is 0 Å². The number of carbonyl (C=O) groups excluding carboxylic acids is 4. The summed E-state index contributed by atoms with van der Waals surface area (Å²) in [6, 6.07) is 15.2. The largest absolute Gasteiger partial charge is 0.455 e. The number of esters is 1. The van der Waals surface area contributed by atoms with Gasteiger partial charge in [-0.15, -0.1) is 13.2 Å². The summed E-state index contributed by atoms with van der Waals surface area (Å²) in [5.41, 5.74) is 1.07. The molecule has 11 heteroatoms. The van der Waals surface area contributed by atoms with Crippen molar-refractivity contribution in [3.05, 3.63) is 85.5 Å². The Morgan fingerprint density at radius 2 is 1.74 bits per heavy atom. The third-order valence-electron chi connectivity index (χ3n) is 10.9. The molecule has 2 N–H and O–H groups in total. The maximum Gasteiger partial charge on any atom is 0.313 e. The summed E-state index contributed by atoms with van der Waals surface area (Å²) < 4.78 is 12.9. The van der Waals surface area contributed by atoms with E-state index in [4.69, 9.17) is 9.47 Å². The summed E-state index contributed by atoms with van der Waals surface area (Å²) in [6.45, 7) is 17.3. The first-order valence-electron chi connectivity index (χ1n) is 19.1. The van der Waals surface area contributed by atoms with Crippen molar-refractivity contribution in [1.82, 2.24) is 10.2 Å². The van der Waals surface area contributed by atoms with Crippen LogP contribution in [0.4, 0.5) is 11.4 Å². The van der Waals surface area contributed by atoms with Crippen LogP contribution < -0.4 is 15.1 Å². The lowest BCUT2D eigenvalue weighted by Crippen LogP contribution is -2.59. The number of aliphatic hydroxyl groups excluding tert-OH is 1. The van der Waals surface area contributed by atoms with Gasteiger partial charge in [0.2, 0.25) is 11.8 Å². The number of benzene rings is 2. The number of likely N-dealkylation sites (tertiary alicyclic amines) is 1. The molecule has 3 saturated heterocycles. The van der Waals surface area contributed by atoms with Crippen LogP contribution in [0.5, 0.6) is 0 Å². The van der Waals surface area contributed by atoms with E-state index in [-0.39, 0.29) is 43.8 Å². The van der Waals surface area contributed by atoms with Crippen molar-refractivity contribution >= 4 is 35.1 Å². The Balaban J connectivity index is 1.50. The highest BCUT2D eigenvalue weighted by atomic mass is 16.6. The molecule has 2 bridgehead atoms. The quantitative estimate of drug-likeness (QED) is 0.149. The van der Waals surface area contributed by atoms with Crippen molar-refractivity contribution in [1.29, 1.82) is 0 Å². The molecular formula is C42H56N4O7. The highest BCUT2D eigenvalue weighted by Crippen LogP contribution is 2.59. The molecule has 3 aliphatic rings. The molecule has 3 heterocycles. The predicted molar refractivity (Wildman–Crippen MR) is 205 cm³/mol. The van der Waals surface area contributed by atoms with Crippen LogP contribution in [0, 0.1) is 17.8 Å². The van der Waals surface area contributed by atoms with Crippen LogP contribution in [0.15, 0.2) is 79.9 Å². The van der Waals surface area contributed by atoms with Gasteiger partial charge in [0.1, 0.15) is 17.7 Å². The molecule has 53 heavy (non-hydrogen) atoms. The minimum atomic E-state index is -1.30. The minimum Gasteiger partial charge on any atom is -0.455 e. The molecule has 0 aromatic heterocycles. The lowest BCUT2D eigenvalue weighted by atomic mass is 9.70. The molecule has 0 radical (unpaired) electrons. The van der Waals surface area contributed by atoms with E-state index in [2.05, 4.69) is 37.2 Å². The number of nitrogens with one attached hydrogen (secondary N) is 1. The molecule has 286 valence electrons. The third-order valence-corrected chi connectivity index (χ3v) is 10.9. The molecule has 1 spiro atoms. The van der Waals surface area contributed by atoms with Crippen LogP contribution in [0.1, 0.15) is 71.5 Å². The van der Waals surface area contributed by atoms with E-state index in [1.165, 1.54) is 4.90 Å². The number of hydrogen-bond donors (Lipinski definition) is 2. The van der Waals surface area contributed by atoms with E-state index in [0.29, 0.717) is 36.9 Å². The molecule has 0 unspecified atom stereocenters. The van der Waals surface area contributed by atoms with Gasteiger partial charge in [0.05, 0.1) is 37.1 Å². The van der Waals surface area contributed by atoms with Crippen LogP contribution in [0.3, 0.4) is 0 Å². The van der Waals surface area contributed by atoms with Gasteiger partial charge in [0.25, 0.3) is 5.91 Å². The standard InChI is InChI=1S/C42H56N4O7/c1-7-11-17-35(48)43-26-34(29-15-13-12-14-16-29)52-41(51)36-33-22-23-42(53-33)37(36)39(49)46(32(27-47)25-28(5)6)38(42)40(50)45(24-8-2)31-20-18-30(19-21-31)44(9-3)10-4/h7-8,12-16,18-21,28,32-34,36-38,47H,1-2,9-11,17,22-27H2,3-6H3,(H,43,48)/t32-,33-,34-,36+,37+,38-,42+/m1/s1. The molecule has 11 nitrogen and oxygen atoms in total. The molecule has 5 rings (SSSR count). The van der Waals surface area contributed by atoms with Crippen LogP contribution in [-0.2, 0) is 28.7 Å². The molecule has 2 aromatic carbocycles. The number of hydrogen-bond acceptors (Lipinski definition) is 8. The van der Waals surface area contributed by atoms with E-state index in [1.54, 1.807) is 17.1 Å². The smallest absolute Gasteiger partial charge is 0.313 e. The van der Waals surface area contributed by atoms with Crippen LogP contribution in [0.2, 0.25) is 0 Å². The summed E-state index contributed by atoms with van der Waals surface area (Å²) in [5.74, 6) is -3.40. The average molecular weight is 729 g/mol. The predicted octanol–water partition coefficient (Wildman–Crippen LogP) is 5.20. The van der Waals surface area contributed by atoms with Crippen molar-refractivity contribution in [3.63, 3.8) is 0 Å². The van der Waals surface area contributed by atoms with E-state index in [9.17, 15) is 19.5 Å². The van der Waals surface area contributed by atoms with Gasteiger partial charge in [-0.2, -0.15) is 0 Å². The normalized spacial score (nSPS) is 24.0. The lowest BCUT2D eigenvalue weighted by molar-refractivity contribution is -0.161. The second kappa shape index (κ2) is 17.6. The highest BCUT2D eigenvalue weighted by molar-refractivity contribution is 6.05. The molecule has 3 amide bonds. The summed E-state index contributed by atoms with van der Waals surface area (Å²) in [5, 5.41) is 13.6. The molecule has 3 aliphatic heterocycles. The number of nitrogens with zero attached hydrogens (tertiary/aromatic N) is 3. The van der Waals surface area contributed by atoms with Gasteiger partial charge in [-0.1, -0.05) is 56.3 Å². The Morgan fingerprint density at radius 3 is 2.34 bits per heavy atom. The number of anilines is 2. The fourth-order valence-corrected chi connectivity index (χ4v) is 8.53. The minimum absolute atomic E-state index is 0.0471. The summed E-state index contributed by atoms with van der Waals surface area (Å²) >= 11 is 0. The zero-order valence-corrected chi connectivity index (χ0v) is 31.6. The van der Waals surface area contributed by atoms with Crippen LogP contribution >= 0.6 is 0 Å². The molecule has 7 atom stereocenters. The number of amides is 3. The van der Waals surface area contributed by atoms with Crippen molar-refractivity contribution < 1.29 is 33.8 Å². The van der Waals surface area contributed by atoms with E-state index >= 15 is 4.79 Å². The van der Waals surface area contributed by atoms with Gasteiger partial charge >= 0.3 is 5.97 Å². The van der Waals surface area contributed by atoms with Crippen molar-refractivity contribution in [3.8, 4) is 0 Å². The van der Waals surface area contributed by atoms with Gasteiger partial charge in [-0.3, -0.25) is 19.2 Å². The number of ether oxygens (including phenoxy) is 2. The van der Waals surface area contributed by atoms with Gasteiger partial charge in [0, 0.05) is 37.4 Å². The second-order valence-electron chi connectivity index (χ2n) is 14.7. The number of fused-ring (bicyclic) bond motifs is 1. The number of rotatable bonds is 19. The summed E-state index contributed by atoms with van der Waals surface area (Å²) in [6.07, 6.45) is 3.96. The van der Waals surface area contributed by atoms with E-state index in [1.807, 2.05) is 68.4 Å². The zero-order chi connectivity index (χ0) is 38.3. The maximum absolute atomic E-state index is 15.1. The first kappa shape index (κ1) is 39.7. The molecular weight excluding hydrogens is 672 g/mol.